The first-order chi connectivity index (χ1) is 5.06. The van der Waals surface area contributed by atoms with Crippen molar-refractivity contribution < 1.29 is 13.2 Å². The van der Waals surface area contributed by atoms with E-state index in [-0.39, 0.29) is 5.92 Å². The number of hydrogen-bond donors (Lipinski definition) is 0. The molecule has 2 rings (SSSR count). The molecule has 2 saturated carbocycles. The summed E-state index contributed by atoms with van der Waals surface area (Å²) in [6.45, 7) is 0. The van der Waals surface area contributed by atoms with Gasteiger partial charge in [-0.3, -0.25) is 0 Å². The van der Waals surface area contributed by atoms with Crippen LogP contribution in [0.3, 0.4) is 0 Å². The van der Waals surface area contributed by atoms with E-state index in [2.05, 4.69) is 0 Å². The number of rotatable bonds is 0. The number of alkyl halides is 3. The Balaban J connectivity index is 2.22. The molecule has 0 N–H and O–H groups in total. The minimum Gasteiger partial charge on any atom is -0.170 e. The Morgan fingerprint density at radius 1 is 1.09 bits per heavy atom. The zero-order valence-corrected chi connectivity index (χ0v) is 6.25. The monoisotopic (exact) mass is 164 g/mol. The highest BCUT2D eigenvalue weighted by Gasteiger charge is 2.65. The molecule has 11 heavy (non-hydrogen) atoms. The summed E-state index contributed by atoms with van der Waals surface area (Å²) < 4.78 is 37.3. The highest BCUT2D eigenvalue weighted by Crippen LogP contribution is 2.64. The van der Waals surface area contributed by atoms with Gasteiger partial charge in [0.1, 0.15) is 0 Å². The molecule has 0 saturated heterocycles. The lowest BCUT2D eigenvalue weighted by molar-refractivity contribution is -0.265. The third-order valence-electron chi connectivity index (χ3n) is 3.46. The fourth-order valence-corrected chi connectivity index (χ4v) is 2.63. The van der Waals surface area contributed by atoms with E-state index in [1.165, 1.54) is 0 Å². The molecule has 2 aliphatic carbocycles. The Morgan fingerprint density at radius 2 is 1.82 bits per heavy atom. The van der Waals surface area contributed by atoms with Gasteiger partial charge in [-0.1, -0.05) is 6.42 Å². The van der Waals surface area contributed by atoms with E-state index < -0.39 is 11.6 Å². The summed E-state index contributed by atoms with van der Waals surface area (Å²) >= 11 is 0. The molecule has 2 aliphatic rings. The van der Waals surface area contributed by atoms with Gasteiger partial charge >= 0.3 is 6.18 Å². The predicted octanol–water partition coefficient (Wildman–Crippen LogP) is 3.13. The van der Waals surface area contributed by atoms with Crippen molar-refractivity contribution in [1.82, 2.24) is 0 Å². The first-order valence-electron chi connectivity index (χ1n) is 4.13. The Morgan fingerprint density at radius 3 is 2.09 bits per heavy atom. The summed E-state index contributed by atoms with van der Waals surface area (Å²) in [6.07, 6.45) is -0.752. The highest BCUT2D eigenvalue weighted by molar-refractivity contribution is 5.04. The molecule has 0 heterocycles. The summed E-state index contributed by atoms with van der Waals surface area (Å²) in [6, 6.07) is 0. The smallest absolute Gasteiger partial charge is 0.170 e. The van der Waals surface area contributed by atoms with Crippen LogP contribution >= 0.6 is 0 Å². The van der Waals surface area contributed by atoms with E-state index in [9.17, 15) is 13.2 Å². The molecule has 0 aromatic carbocycles. The van der Waals surface area contributed by atoms with E-state index in [1.54, 1.807) is 0 Å². The average molecular weight is 164 g/mol. The van der Waals surface area contributed by atoms with Gasteiger partial charge in [0.05, 0.1) is 5.41 Å². The van der Waals surface area contributed by atoms with Gasteiger partial charge in [0.15, 0.2) is 0 Å². The molecular weight excluding hydrogens is 153 g/mol. The van der Waals surface area contributed by atoms with Crippen LogP contribution in [-0.4, -0.2) is 6.18 Å². The third-order valence-corrected chi connectivity index (χ3v) is 3.46. The summed E-state index contributed by atoms with van der Waals surface area (Å²) in [5, 5.41) is 0. The van der Waals surface area contributed by atoms with Crippen LogP contribution in [0.1, 0.15) is 32.1 Å². The number of halogens is 3. The van der Waals surface area contributed by atoms with E-state index in [0.717, 1.165) is 19.3 Å². The molecule has 0 bridgehead atoms. The lowest BCUT2D eigenvalue weighted by Gasteiger charge is -2.46. The van der Waals surface area contributed by atoms with Gasteiger partial charge in [-0.05, 0) is 31.6 Å². The second-order valence-electron chi connectivity index (χ2n) is 3.78. The van der Waals surface area contributed by atoms with Crippen LogP contribution in [0.15, 0.2) is 0 Å². The summed E-state index contributed by atoms with van der Waals surface area (Å²) in [4.78, 5) is 0. The number of hydrogen-bond acceptors (Lipinski definition) is 0. The molecule has 0 aromatic rings. The SMILES string of the molecule is FC(F)(F)C12CCCC1CC2. The summed E-state index contributed by atoms with van der Waals surface area (Å²) in [7, 11) is 0. The van der Waals surface area contributed by atoms with Gasteiger partial charge in [0.2, 0.25) is 0 Å². The minimum absolute atomic E-state index is 0.0255. The van der Waals surface area contributed by atoms with Crippen molar-refractivity contribution in [2.45, 2.75) is 38.3 Å². The maximum absolute atomic E-state index is 12.4. The zero-order valence-electron chi connectivity index (χ0n) is 6.25. The zero-order chi connectivity index (χ0) is 8.11. The van der Waals surface area contributed by atoms with E-state index in [0.29, 0.717) is 12.8 Å². The van der Waals surface area contributed by atoms with Crippen molar-refractivity contribution in [3.63, 3.8) is 0 Å². The number of fused-ring (bicyclic) bond motifs is 1. The van der Waals surface area contributed by atoms with Crippen LogP contribution in [0.25, 0.3) is 0 Å². The Bertz CT molecular complexity index is 173. The van der Waals surface area contributed by atoms with E-state index >= 15 is 0 Å². The molecule has 0 spiro atoms. The Labute approximate surface area is 63.8 Å². The Kier molecular flexibility index (Phi) is 1.31. The topological polar surface area (TPSA) is 0 Å². The molecule has 0 radical (unpaired) electrons. The largest absolute Gasteiger partial charge is 0.394 e. The van der Waals surface area contributed by atoms with Crippen molar-refractivity contribution in [2.24, 2.45) is 11.3 Å². The molecule has 2 unspecified atom stereocenters. The maximum Gasteiger partial charge on any atom is 0.394 e. The molecule has 0 aliphatic heterocycles. The normalized spacial score (nSPS) is 43.4. The van der Waals surface area contributed by atoms with Crippen LogP contribution in [0, 0.1) is 11.3 Å². The van der Waals surface area contributed by atoms with Crippen molar-refractivity contribution >= 4 is 0 Å². The second kappa shape index (κ2) is 1.93. The summed E-state index contributed by atoms with van der Waals surface area (Å²) in [5.74, 6) is -0.0255. The molecule has 2 fully saturated rings. The quantitative estimate of drug-likeness (QED) is 0.516. The first kappa shape index (κ1) is 7.44. The van der Waals surface area contributed by atoms with Gasteiger partial charge < -0.3 is 0 Å². The van der Waals surface area contributed by atoms with Crippen LogP contribution in [-0.2, 0) is 0 Å². The second-order valence-corrected chi connectivity index (χ2v) is 3.78. The van der Waals surface area contributed by atoms with Gasteiger partial charge in [-0.15, -0.1) is 0 Å². The average Bonchev–Trinajstić information content (AvgIpc) is 2.06. The van der Waals surface area contributed by atoms with Crippen LogP contribution < -0.4 is 0 Å². The Hall–Kier alpha value is -0.210. The van der Waals surface area contributed by atoms with Crippen LogP contribution in [0.4, 0.5) is 13.2 Å². The van der Waals surface area contributed by atoms with Crippen molar-refractivity contribution in [3.8, 4) is 0 Å². The van der Waals surface area contributed by atoms with Gasteiger partial charge in [0, 0.05) is 0 Å². The molecule has 0 nitrogen and oxygen atoms in total. The molecular formula is C8H11F3. The van der Waals surface area contributed by atoms with E-state index in [4.69, 9.17) is 0 Å². The molecule has 64 valence electrons. The predicted molar refractivity (Wildman–Crippen MR) is 35.1 cm³/mol. The molecule has 3 heteroatoms. The first-order valence-corrected chi connectivity index (χ1v) is 4.13. The van der Waals surface area contributed by atoms with Gasteiger partial charge in [-0.2, -0.15) is 13.2 Å². The van der Waals surface area contributed by atoms with E-state index in [1.807, 2.05) is 0 Å². The molecule has 2 atom stereocenters. The van der Waals surface area contributed by atoms with Gasteiger partial charge in [-0.25, -0.2) is 0 Å². The lowest BCUT2D eigenvalue weighted by Crippen LogP contribution is -2.47. The molecule has 0 amide bonds. The lowest BCUT2D eigenvalue weighted by atomic mass is 9.61. The summed E-state index contributed by atoms with van der Waals surface area (Å²) in [5.41, 5.74) is -1.23. The van der Waals surface area contributed by atoms with Crippen molar-refractivity contribution in [3.05, 3.63) is 0 Å². The maximum atomic E-state index is 12.4. The van der Waals surface area contributed by atoms with Crippen molar-refractivity contribution in [2.75, 3.05) is 0 Å². The highest BCUT2D eigenvalue weighted by atomic mass is 19.4. The van der Waals surface area contributed by atoms with Crippen LogP contribution in [0.5, 0.6) is 0 Å². The third kappa shape index (κ3) is 0.769. The van der Waals surface area contributed by atoms with Gasteiger partial charge in [0.25, 0.3) is 0 Å². The molecule has 0 aromatic heterocycles. The standard InChI is InChI=1S/C8H11F3/c9-8(10,11)7-4-1-2-6(7)3-5-7/h6H,1-5H2. The minimum atomic E-state index is -3.92. The fourth-order valence-electron chi connectivity index (χ4n) is 2.63. The van der Waals surface area contributed by atoms with Crippen LogP contribution in [0.2, 0.25) is 0 Å². The fraction of sp³-hybridized carbons (Fsp3) is 1.00. The van der Waals surface area contributed by atoms with Crippen molar-refractivity contribution in [1.29, 1.82) is 0 Å².